The minimum absolute atomic E-state index is 0.105. The number of furan rings is 1. The highest BCUT2D eigenvalue weighted by Crippen LogP contribution is 2.24. The lowest BCUT2D eigenvalue weighted by Crippen LogP contribution is -2.22. The van der Waals surface area contributed by atoms with Gasteiger partial charge in [0.15, 0.2) is 9.34 Å². The molecule has 2 rings (SSSR count). The van der Waals surface area contributed by atoms with Crippen molar-refractivity contribution in [3.63, 3.8) is 0 Å². The lowest BCUT2D eigenvalue weighted by atomic mass is 10.4. The van der Waals surface area contributed by atoms with Crippen LogP contribution in [-0.2, 0) is 16.6 Å². The number of aryl methyl sites for hydroxylation is 2. The van der Waals surface area contributed by atoms with Crippen molar-refractivity contribution in [2.75, 3.05) is 5.73 Å². The predicted octanol–water partition coefficient (Wildman–Crippen LogP) is 1.41. The zero-order valence-corrected chi connectivity index (χ0v) is 11.6. The van der Waals surface area contributed by atoms with E-state index in [0.29, 0.717) is 11.5 Å². The van der Waals surface area contributed by atoms with Gasteiger partial charge in [-0.25, -0.2) is 18.1 Å². The van der Waals surface area contributed by atoms with Crippen molar-refractivity contribution in [2.24, 2.45) is 0 Å². The minimum Gasteiger partial charge on any atom is -0.465 e. The van der Waals surface area contributed by atoms with E-state index in [9.17, 15) is 8.42 Å². The standard InChI is InChI=1S/C10H13N3O3S2/c1-6-3-4-8(16-6)5-12-18(14,15)9-7(2)13-10(11)17-9/h3-4,12H,5H2,1-2H3,(H2,11,13). The second-order valence-electron chi connectivity index (χ2n) is 3.76. The van der Waals surface area contributed by atoms with E-state index in [1.165, 1.54) is 0 Å². The largest absolute Gasteiger partial charge is 0.465 e. The first kappa shape index (κ1) is 13.1. The molecule has 2 aromatic rings. The molecule has 3 N–H and O–H groups in total. The zero-order chi connectivity index (χ0) is 13.3. The van der Waals surface area contributed by atoms with Gasteiger partial charge in [-0.1, -0.05) is 11.3 Å². The fraction of sp³-hybridized carbons (Fsp3) is 0.300. The molecule has 0 atom stereocenters. The Morgan fingerprint density at radius 1 is 1.44 bits per heavy atom. The van der Waals surface area contributed by atoms with E-state index in [1.54, 1.807) is 26.0 Å². The second kappa shape index (κ2) is 4.71. The molecule has 0 amide bonds. The van der Waals surface area contributed by atoms with Crippen molar-refractivity contribution in [2.45, 2.75) is 24.6 Å². The fourth-order valence-electron chi connectivity index (χ4n) is 1.46. The van der Waals surface area contributed by atoms with Gasteiger partial charge in [0.1, 0.15) is 11.5 Å². The Bertz CT molecular complexity index is 658. The van der Waals surface area contributed by atoms with Gasteiger partial charge in [0.05, 0.1) is 12.2 Å². The molecule has 0 aliphatic heterocycles. The molecule has 0 aliphatic rings. The zero-order valence-electron chi connectivity index (χ0n) is 9.93. The summed E-state index contributed by atoms with van der Waals surface area (Å²) in [5.74, 6) is 1.30. The number of nitrogens with one attached hydrogen (secondary N) is 1. The Morgan fingerprint density at radius 2 is 2.17 bits per heavy atom. The molecule has 0 saturated heterocycles. The van der Waals surface area contributed by atoms with Crippen molar-refractivity contribution in [1.82, 2.24) is 9.71 Å². The molecular weight excluding hydrogens is 274 g/mol. The van der Waals surface area contributed by atoms with E-state index in [0.717, 1.165) is 17.1 Å². The van der Waals surface area contributed by atoms with E-state index >= 15 is 0 Å². The molecule has 0 aromatic carbocycles. The van der Waals surface area contributed by atoms with Crippen LogP contribution in [-0.4, -0.2) is 13.4 Å². The van der Waals surface area contributed by atoms with Crippen LogP contribution in [0.25, 0.3) is 0 Å². The highest BCUT2D eigenvalue weighted by atomic mass is 32.2. The molecule has 0 bridgehead atoms. The van der Waals surface area contributed by atoms with Crippen LogP contribution in [0.5, 0.6) is 0 Å². The van der Waals surface area contributed by atoms with Crippen LogP contribution in [0.1, 0.15) is 17.2 Å². The summed E-state index contributed by atoms with van der Waals surface area (Å²) < 4.78 is 31.9. The summed E-state index contributed by atoms with van der Waals surface area (Å²) in [6.45, 7) is 3.51. The first-order valence-corrected chi connectivity index (χ1v) is 7.46. The maximum Gasteiger partial charge on any atom is 0.252 e. The molecule has 8 heteroatoms. The third kappa shape index (κ3) is 2.71. The average molecular weight is 287 g/mol. The Labute approximate surface area is 109 Å². The van der Waals surface area contributed by atoms with Gasteiger partial charge in [0, 0.05) is 0 Å². The van der Waals surface area contributed by atoms with Gasteiger partial charge < -0.3 is 10.2 Å². The van der Waals surface area contributed by atoms with E-state index < -0.39 is 10.0 Å². The SMILES string of the molecule is Cc1ccc(CNS(=O)(=O)c2sc(N)nc2C)o1. The lowest BCUT2D eigenvalue weighted by molar-refractivity contribution is 0.475. The van der Waals surface area contributed by atoms with Gasteiger partial charge in [-0.15, -0.1) is 0 Å². The van der Waals surface area contributed by atoms with Crippen LogP contribution in [0.4, 0.5) is 5.13 Å². The molecule has 0 fully saturated rings. The van der Waals surface area contributed by atoms with E-state index in [4.69, 9.17) is 10.2 Å². The molecule has 2 heterocycles. The van der Waals surface area contributed by atoms with Gasteiger partial charge >= 0.3 is 0 Å². The molecule has 98 valence electrons. The van der Waals surface area contributed by atoms with Crippen LogP contribution < -0.4 is 10.5 Å². The normalized spacial score (nSPS) is 11.9. The van der Waals surface area contributed by atoms with Gasteiger partial charge in [-0.3, -0.25) is 0 Å². The van der Waals surface area contributed by atoms with Crippen LogP contribution in [0.15, 0.2) is 20.8 Å². The summed E-state index contributed by atoms with van der Waals surface area (Å²) in [6, 6.07) is 3.51. The molecule has 0 saturated carbocycles. The number of nitrogens with two attached hydrogens (primary N) is 1. The predicted molar refractivity (Wildman–Crippen MR) is 68.7 cm³/mol. The van der Waals surface area contributed by atoms with Gasteiger partial charge in [0.25, 0.3) is 10.0 Å². The van der Waals surface area contributed by atoms with Gasteiger partial charge in [-0.2, -0.15) is 0 Å². The number of aromatic nitrogens is 1. The summed E-state index contributed by atoms with van der Waals surface area (Å²) in [5, 5.41) is 0.238. The van der Waals surface area contributed by atoms with Crippen LogP contribution >= 0.6 is 11.3 Å². The third-order valence-corrected chi connectivity index (χ3v) is 5.24. The smallest absolute Gasteiger partial charge is 0.252 e. The summed E-state index contributed by atoms with van der Waals surface area (Å²) in [7, 11) is -3.59. The molecule has 0 spiro atoms. The Balaban J connectivity index is 2.15. The Hall–Kier alpha value is -1.38. The highest BCUT2D eigenvalue weighted by molar-refractivity contribution is 7.91. The number of hydrogen-bond donors (Lipinski definition) is 2. The molecule has 6 nitrogen and oxygen atoms in total. The number of sulfonamides is 1. The van der Waals surface area contributed by atoms with Crippen molar-refractivity contribution in [3.05, 3.63) is 29.3 Å². The molecule has 0 radical (unpaired) electrons. The maximum atomic E-state index is 12.0. The van der Waals surface area contributed by atoms with Crippen LogP contribution in [0, 0.1) is 13.8 Å². The number of anilines is 1. The summed E-state index contributed by atoms with van der Waals surface area (Å²) in [4.78, 5) is 3.89. The van der Waals surface area contributed by atoms with Crippen molar-refractivity contribution in [1.29, 1.82) is 0 Å². The highest BCUT2D eigenvalue weighted by Gasteiger charge is 2.21. The lowest BCUT2D eigenvalue weighted by Gasteiger charge is -2.03. The van der Waals surface area contributed by atoms with Crippen molar-refractivity contribution < 1.29 is 12.8 Å². The topological polar surface area (TPSA) is 98.2 Å². The fourth-order valence-corrected chi connectivity index (χ4v) is 3.80. The number of hydrogen-bond acceptors (Lipinski definition) is 6. The molecule has 18 heavy (non-hydrogen) atoms. The van der Waals surface area contributed by atoms with E-state index in [-0.39, 0.29) is 15.9 Å². The summed E-state index contributed by atoms with van der Waals surface area (Å²) in [6.07, 6.45) is 0. The molecule has 2 aromatic heterocycles. The maximum absolute atomic E-state index is 12.0. The average Bonchev–Trinajstić information content (AvgIpc) is 2.82. The van der Waals surface area contributed by atoms with E-state index in [1.807, 2.05) is 0 Å². The monoisotopic (exact) mass is 287 g/mol. The van der Waals surface area contributed by atoms with Gasteiger partial charge in [0.2, 0.25) is 0 Å². The van der Waals surface area contributed by atoms with E-state index in [2.05, 4.69) is 9.71 Å². The number of thiazole rings is 1. The summed E-state index contributed by atoms with van der Waals surface area (Å²) >= 11 is 0.947. The van der Waals surface area contributed by atoms with Crippen molar-refractivity contribution in [3.8, 4) is 0 Å². The molecule has 0 aliphatic carbocycles. The van der Waals surface area contributed by atoms with Crippen molar-refractivity contribution >= 4 is 26.5 Å². The Morgan fingerprint density at radius 3 is 2.67 bits per heavy atom. The summed E-state index contributed by atoms with van der Waals surface area (Å²) in [5.41, 5.74) is 5.89. The first-order chi connectivity index (χ1) is 8.38. The first-order valence-electron chi connectivity index (χ1n) is 5.16. The quantitative estimate of drug-likeness (QED) is 0.886. The third-order valence-electron chi connectivity index (χ3n) is 2.25. The second-order valence-corrected chi connectivity index (χ2v) is 6.75. The van der Waals surface area contributed by atoms with Gasteiger partial charge in [-0.05, 0) is 26.0 Å². The number of nitrogens with zero attached hydrogens (tertiary/aromatic N) is 1. The molecular formula is C10H13N3O3S2. The van der Waals surface area contributed by atoms with Crippen LogP contribution in [0.3, 0.4) is 0 Å². The Kier molecular flexibility index (Phi) is 3.42. The number of rotatable bonds is 4. The molecule has 0 unspecified atom stereocenters. The minimum atomic E-state index is -3.59. The van der Waals surface area contributed by atoms with Crippen LogP contribution in [0.2, 0.25) is 0 Å². The number of nitrogen functional groups attached to an aromatic ring is 1.